The molecule has 3 N–H and O–H groups in total. The van der Waals surface area contributed by atoms with Crippen LogP contribution in [-0.2, 0) is 0 Å². The Morgan fingerprint density at radius 3 is 3.00 bits per heavy atom. The van der Waals surface area contributed by atoms with Crippen LogP contribution >= 0.6 is 0 Å². The maximum atomic E-state index is 12.6. The van der Waals surface area contributed by atoms with Gasteiger partial charge in [0.2, 0.25) is 0 Å². The minimum Gasteiger partial charge on any atom is -0.398 e. The van der Waals surface area contributed by atoms with Gasteiger partial charge in [0.15, 0.2) is 0 Å². The lowest BCUT2D eigenvalue weighted by Gasteiger charge is -2.36. The highest BCUT2D eigenvalue weighted by molar-refractivity contribution is 5.97. The van der Waals surface area contributed by atoms with Crippen LogP contribution in [0.4, 0.5) is 10.5 Å². The average Bonchev–Trinajstić information content (AvgIpc) is 2.82. The molecule has 0 aromatic heterocycles. The maximum absolute atomic E-state index is 12.6. The number of piperazine rings is 1. The minimum absolute atomic E-state index is 0.00574. The van der Waals surface area contributed by atoms with E-state index in [2.05, 4.69) is 5.32 Å². The van der Waals surface area contributed by atoms with Gasteiger partial charge in [-0.2, -0.15) is 0 Å². The van der Waals surface area contributed by atoms with Gasteiger partial charge < -0.3 is 20.9 Å². The van der Waals surface area contributed by atoms with Crippen LogP contribution in [0.2, 0.25) is 0 Å². The Bertz CT molecular complexity index is 572. The summed E-state index contributed by atoms with van der Waals surface area (Å²) in [4.78, 5) is 27.7. The van der Waals surface area contributed by atoms with E-state index in [-0.39, 0.29) is 18.0 Å². The number of nitrogens with one attached hydrogen (secondary N) is 1. The second-order valence-corrected chi connectivity index (χ2v) is 5.30. The molecule has 3 amide bonds. The van der Waals surface area contributed by atoms with Crippen LogP contribution in [-0.4, -0.2) is 54.0 Å². The third-order valence-corrected chi connectivity index (χ3v) is 4.13. The molecular weight excluding hydrogens is 256 g/mol. The molecule has 6 heteroatoms. The highest BCUT2D eigenvalue weighted by Crippen LogP contribution is 2.20. The molecule has 1 aromatic rings. The molecule has 3 rings (SSSR count). The molecular formula is C14H18N4O2. The van der Waals surface area contributed by atoms with E-state index < -0.39 is 0 Å². The number of amides is 3. The lowest BCUT2D eigenvalue weighted by Crippen LogP contribution is -2.53. The van der Waals surface area contributed by atoms with E-state index in [1.54, 1.807) is 23.1 Å². The van der Waals surface area contributed by atoms with Gasteiger partial charge in [0, 0.05) is 37.4 Å². The van der Waals surface area contributed by atoms with Gasteiger partial charge in [0.05, 0.1) is 6.04 Å². The molecule has 0 saturated carbocycles. The molecule has 2 saturated heterocycles. The Kier molecular flexibility index (Phi) is 3.00. The summed E-state index contributed by atoms with van der Waals surface area (Å²) < 4.78 is 0. The van der Waals surface area contributed by atoms with Gasteiger partial charge in [-0.1, -0.05) is 6.07 Å². The first-order valence-electron chi connectivity index (χ1n) is 6.77. The van der Waals surface area contributed by atoms with Crippen molar-refractivity contribution in [3.63, 3.8) is 0 Å². The Labute approximate surface area is 117 Å². The highest BCUT2D eigenvalue weighted by Gasteiger charge is 2.37. The fourth-order valence-corrected chi connectivity index (χ4v) is 2.84. The van der Waals surface area contributed by atoms with Gasteiger partial charge in [-0.3, -0.25) is 4.79 Å². The summed E-state index contributed by atoms with van der Waals surface area (Å²) in [7, 11) is 0. The maximum Gasteiger partial charge on any atom is 0.317 e. The number of anilines is 1. The second-order valence-electron chi connectivity index (χ2n) is 5.30. The van der Waals surface area contributed by atoms with Crippen LogP contribution in [0, 0.1) is 6.92 Å². The first-order valence-corrected chi connectivity index (χ1v) is 6.77. The van der Waals surface area contributed by atoms with Crippen molar-refractivity contribution in [1.29, 1.82) is 0 Å². The van der Waals surface area contributed by atoms with Crippen molar-refractivity contribution in [1.82, 2.24) is 15.1 Å². The highest BCUT2D eigenvalue weighted by atomic mass is 16.2. The van der Waals surface area contributed by atoms with Crippen LogP contribution < -0.4 is 11.1 Å². The van der Waals surface area contributed by atoms with Crippen molar-refractivity contribution in [3.05, 3.63) is 29.3 Å². The average molecular weight is 274 g/mol. The molecule has 0 radical (unpaired) electrons. The summed E-state index contributed by atoms with van der Waals surface area (Å²) >= 11 is 0. The first kappa shape index (κ1) is 12.8. The molecule has 2 aliphatic rings. The lowest BCUT2D eigenvalue weighted by atomic mass is 10.0. The molecule has 6 nitrogen and oxygen atoms in total. The number of hydrogen-bond donors (Lipinski definition) is 2. The molecule has 2 fully saturated rings. The number of rotatable bonds is 1. The van der Waals surface area contributed by atoms with Gasteiger partial charge in [0.25, 0.3) is 5.91 Å². The smallest absolute Gasteiger partial charge is 0.317 e. The van der Waals surface area contributed by atoms with Crippen LogP contribution in [0.5, 0.6) is 0 Å². The van der Waals surface area contributed by atoms with E-state index in [1.165, 1.54) is 0 Å². The normalized spacial score (nSPS) is 21.6. The monoisotopic (exact) mass is 274 g/mol. The molecule has 2 heterocycles. The number of carbonyl (C=O) groups excluding carboxylic acids is 2. The topological polar surface area (TPSA) is 78.7 Å². The van der Waals surface area contributed by atoms with E-state index in [0.29, 0.717) is 37.4 Å². The summed E-state index contributed by atoms with van der Waals surface area (Å²) in [6, 6.07) is 5.46. The number of urea groups is 1. The predicted octanol–water partition coefficient (Wildman–Crippen LogP) is 0.427. The van der Waals surface area contributed by atoms with E-state index in [4.69, 9.17) is 5.73 Å². The van der Waals surface area contributed by atoms with Crippen LogP contribution in [0.1, 0.15) is 15.9 Å². The Balaban J connectivity index is 1.79. The summed E-state index contributed by atoms with van der Waals surface area (Å²) in [5.41, 5.74) is 7.96. The van der Waals surface area contributed by atoms with Crippen molar-refractivity contribution in [2.75, 3.05) is 31.9 Å². The fraction of sp³-hybridized carbons (Fsp3) is 0.429. The minimum atomic E-state index is -0.0257. The molecule has 0 aliphatic carbocycles. The number of carbonyl (C=O) groups is 2. The second kappa shape index (κ2) is 4.70. The van der Waals surface area contributed by atoms with Crippen LogP contribution in [0.25, 0.3) is 0 Å². The molecule has 20 heavy (non-hydrogen) atoms. The standard InChI is InChI=1S/C14H18N4O2/c1-9-11(3-2-4-12(9)15)13(19)17-5-6-18-10(8-17)7-16-14(18)20/h2-4,10H,5-8,15H2,1H3,(H,16,20). The van der Waals surface area contributed by atoms with Gasteiger partial charge in [-0.25, -0.2) is 4.79 Å². The van der Waals surface area contributed by atoms with E-state index in [1.807, 2.05) is 11.8 Å². The number of nitrogen functional groups attached to an aromatic ring is 1. The molecule has 1 aromatic carbocycles. The third-order valence-electron chi connectivity index (χ3n) is 4.13. The molecule has 106 valence electrons. The number of nitrogens with zero attached hydrogens (tertiary/aromatic N) is 2. The molecule has 1 unspecified atom stereocenters. The summed E-state index contributed by atoms with van der Waals surface area (Å²) in [5, 5.41) is 2.81. The summed E-state index contributed by atoms with van der Waals surface area (Å²) in [5.74, 6) is -0.00574. The van der Waals surface area contributed by atoms with Crippen LogP contribution in [0.15, 0.2) is 18.2 Å². The summed E-state index contributed by atoms with van der Waals surface area (Å²) in [6.45, 7) is 4.20. The Morgan fingerprint density at radius 2 is 2.20 bits per heavy atom. The first-order chi connectivity index (χ1) is 9.58. The molecule has 0 spiro atoms. The van der Waals surface area contributed by atoms with Crippen molar-refractivity contribution in [2.24, 2.45) is 0 Å². The van der Waals surface area contributed by atoms with Crippen molar-refractivity contribution < 1.29 is 9.59 Å². The largest absolute Gasteiger partial charge is 0.398 e. The third kappa shape index (κ3) is 1.97. The van der Waals surface area contributed by atoms with E-state index >= 15 is 0 Å². The molecule has 2 aliphatic heterocycles. The lowest BCUT2D eigenvalue weighted by molar-refractivity contribution is 0.0616. The van der Waals surface area contributed by atoms with Gasteiger partial charge >= 0.3 is 6.03 Å². The zero-order valence-electron chi connectivity index (χ0n) is 11.4. The zero-order chi connectivity index (χ0) is 14.3. The number of fused-ring (bicyclic) bond motifs is 1. The van der Waals surface area contributed by atoms with E-state index in [9.17, 15) is 9.59 Å². The van der Waals surface area contributed by atoms with Gasteiger partial charge in [-0.15, -0.1) is 0 Å². The SMILES string of the molecule is Cc1c(N)cccc1C(=O)N1CCN2C(=O)NCC2C1. The van der Waals surface area contributed by atoms with Crippen molar-refractivity contribution >= 4 is 17.6 Å². The number of nitrogens with two attached hydrogens (primary N) is 1. The number of benzene rings is 1. The van der Waals surface area contributed by atoms with Crippen molar-refractivity contribution in [3.8, 4) is 0 Å². The van der Waals surface area contributed by atoms with Gasteiger partial charge in [0.1, 0.15) is 0 Å². The Hall–Kier alpha value is -2.24. The quantitative estimate of drug-likeness (QED) is 0.729. The van der Waals surface area contributed by atoms with Gasteiger partial charge in [-0.05, 0) is 24.6 Å². The molecule has 1 atom stereocenters. The summed E-state index contributed by atoms with van der Waals surface area (Å²) in [6.07, 6.45) is 0. The van der Waals surface area contributed by atoms with Crippen LogP contribution in [0.3, 0.4) is 0 Å². The Morgan fingerprint density at radius 1 is 1.40 bits per heavy atom. The van der Waals surface area contributed by atoms with Crippen molar-refractivity contribution in [2.45, 2.75) is 13.0 Å². The molecule has 0 bridgehead atoms. The fourth-order valence-electron chi connectivity index (χ4n) is 2.84. The zero-order valence-corrected chi connectivity index (χ0v) is 11.4. The van der Waals surface area contributed by atoms with E-state index in [0.717, 1.165) is 5.56 Å². The number of hydrogen-bond acceptors (Lipinski definition) is 3. The predicted molar refractivity (Wildman–Crippen MR) is 75.4 cm³/mol.